The van der Waals surface area contributed by atoms with Crippen LogP contribution >= 0.6 is 0 Å². The van der Waals surface area contributed by atoms with E-state index in [9.17, 15) is 4.39 Å². The van der Waals surface area contributed by atoms with Crippen molar-refractivity contribution in [3.63, 3.8) is 0 Å². The van der Waals surface area contributed by atoms with Gasteiger partial charge in [0, 0.05) is 31.8 Å². The molecule has 2 aromatic rings. The zero-order valence-corrected chi connectivity index (χ0v) is 11.1. The molecule has 0 fully saturated rings. The Bertz CT molecular complexity index is 518. The van der Waals surface area contributed by atoms with Crippen molar-refractivity contribution >= 4 is 10.9 Å². The molecule has 0 aliphatic rings. The molecule has 0 atom stereocenters. The van der Waals surface area contributed by atoms with Crippen LogP contribution in [0.3, 0.4) is 0 Å². The van der Waals surface area contributed by atoms with Gasteiger partial charge in [-0.25, -0.2) is 4.39 Å². The number of aromatic nitrogens is 1. The Hall–Kier alpha value is -1.35. The Balaban J connectivity index is 2.25. The number of hydrogen-bond acceptors (Lipinski definition) is 1. The van der Waals surface area contributed by atoms with E-state index in [0.29, 0.717) is 0 Å². The molecule has 98 valence electrons. The average Bonchev–Trinajstić information content (AvgIpc) is 2.74. The highest BCUT2D eigenvalue weighted by Crippen LogP contribution is 2.25. The smallest absolute Gasteiger partial charge is 0.132 e. The summed E-state index contributed by atoms with van der Waals surface area (Å²) in [5.74, 6) is -0.111. The van der Waals surface area contributed by atoms with Gasteiger partial charge < -0.3 is 9.30 Å². The fourth-order valence-corrected chi connectivity index (χ4v) is 2.37. The van der Waals surface area contributed by atoms with Crippen LogP contribution in [0.15, 0.2) is 24.4 Å². The Morgan fingerprint density at radius 3 is 2.83 bits per heavy atom. The zero-order valence-electron chi connectivity index (χ0n) is 11.1. The van der Waals surface area contributed by atoms with Gasteiger partial charge in [0.2, 0.25) is 0 Å². The maximum Gasteiger partial charge on any atom is 0.132 e. The highest BCUT2D eigenvalue weighted by atomic mass is 19.1. The molecule has 0 aliphatic heterocycles. The van der Waals surface area contributed by atoms with Crippen molar-refractivity contribution in [2.45, 2.75) is 32.7 Å². The third-order valence-electron chi connectivity index (χ3n) is 3.31. The molecule has 0 bridgehead atoms. The van der Waals surface area contributed by atoms with Gasteiger partial charge in [-0.1, -0.05) is 13.0 Å². The number of methoxy groups -OCH3 is 1. The van der Waals surface area contributed by atoms with Crippen molar-refractivity contribution in [1.82, 2.24) is 4.57 Å². The topological polar surface area (TPSA) is 14.2 Å². The molecule has 0 N–H and O–H groups in total. The Labute approximate surface area is 107 Å². The van der Waals surface area contributed by atoms with E-state index in [1.807, 2.05) is 6.07 Å². The molecule has 0 radical (unpaired) electrons. The lowest BCUT2D eigenvalue weighted by atomic mass is 10.1. The molecule has 0 unspecified atom stereocenters. The van der Waals surface area contributed by atoms with Gasteiger partial charge in [0.25, 0.3) is 0 Å². The molecule has 0 amide bonds. The second-order valence-corrected chi connectivity index (χ2v) is 4.54. The van der Waals surface area contributed by atoms with Crippen LogP contribution in [0.5, 0.6) is 0 Å². The third-order valence-corrected chi connectivity index (χ3v) is 3.31. The fourth-order valence-electron chi connectivity index (χ4n) is 2.37. The molecular formula is C15H20FNO. The summed E-state index contributed by atoms with van der Waals surface area (Å²) in [6.07, 6.45) is 5.04. The zero-order chi connectivity index (χ0) is 13.0. The average molecular weight is 249 g/mol. The molecule has 2 rings (SSSR count). The second-order valence-electron chi connectivity index (χ2n) is 4.54. The first-order valence-electron chi connectivity index (χ1n) is 6.53. The minimum atomic E-state index is -0.111. The first-order valence-corrected chi connectivity index (χ1v) is 6.53. The van der Waals surface area contributed by atoms with Crippen LogP contribution in [0, 0.1) is 5.82 Å². The van der Waals surface area contributed by atoms with Crippen LogP contribution in [-0.2, 0) is 17.7 Å². The summed E-state index contributed by atoms with van der Waals surface area (Å²) < 4.78 is 21.1. The first-order chi connectivity index (χ1) is 8.77. The maximum absolute atomic E-state index is 13.9. The minimum Gasteiger partial charge on any atom is -0.385 e. The molecule has 3 heteroatoms. The maximum atomic E-state index is 13.9. The van der Waals surface area contributed by atoms with Crippen molar-refractivity contribution in [3.05, 3.63) is 35.8 Å². The molecule has 1 aromatic carbocycles. The number of aryl methyl sites for hydroxylation is 2. The van der Waals surface area contributed by atoms with Crippen molar-refractivity contribution in [2.24, 2.45) is 0 Å². The number of halogens is 1. The largest absolute Gasteiger partial charge is 0.385 e. The summed E-state index contributed by atoms with van der Waals surface area (Å²) in [5.41, 5.74) is 2.10. The number of ether oxygens (including phenoxy) is 1. The summed E-state index contributed by atoms with van der Waals surface area (Å²) in [6, 6.07) is 5.31. The number of benzene rings is 1. The van der Waals surface area contributed by atoms with Crippen molar-refractivity contribution < 1.29 is 9.13 Å². The molecular weight excluding hydrogens is 229 g/mol. The van der Waals surface area contributed by atoms with Gasteiger partial charge in [-0.2, -0.15) is 0 Å². The number of rotatable bonds is 6. The number of unbranched alkanes of at least 4 members (excludes halogenated alkanes) is 1. The highest BCUT2D eigenvalue weighted by Gasteiger charge is 2.10. The lowest BCUT2D eigenvalue weighted by molar-refractivity contribution is 0.191. The van der Waals surface area contributed by atoms with Gasteiger partial charge in [0.15, 0.2) is 0 Å². The summed E-state index contributed by atoms with van der Waals surface area (Å²) in [6.45, 7) is 3.77. The Kier molecular flexibility index (Phi) is 4.37. The first kappa shape index (κ1) is 13.1. The van der Waals surface area contributed by atoms with Crippen LogP contribution in [0.2, 0.25) is 0 Å². The van der Waals surface area contributed by atoms with Gasteiger partial charge in [-0.05, 0) is 37.0 Å². The normalized spacial score (nSPS) is 11.3. The van der Waals surface area contributed by atoms with E-state index in [2.05, 4.69) is 17.7 Å². The summed E-state index contributed by atoms with van der Waals surface area (Å²) in [7, 11) is 1.72. The van der Waals surface area contributed by atoms with Gasteiger partial charge in [-0.3, -0.25) is 0 Å². The Morgan fingerprint density at radius 1 is 1.28 bits per heavy atom. The van der Waals surface area contributed by atoms with E-state index < -0.39 is 0 Å². The SMILES string of the molecule is CCc1cn(CCCCOC)c2cccc(F)c12. The van der Waals surface area contributed by atoms with Gasteiger partial charge in [0.05, 0.1) is 5.52 Å². The Morgan fingerprint density at radius 2 is 2.11 bits per heavy atom. The standard InChI is InChI=1S/C15H20FNO/c1-3-12-11-17(9-4-5-10-18-2)14-8-6-7-13(16)15(12)14/h6-8,11H,3-5,9-10H2,1-2H3. The predicted octanol–water partition coefficient (Wildman–Crippen LogP) is 3.77. The van der Waals surface area contributed by atoms with Crippen molar-refractivity contribution in [3.8, 4) is 0 Å². The van der Waals surface area contributed by atoms with Gasteiger partial charge >= 0.3 is 0 Å². The summed E-state index contributed by atoms with van der Waals surface area (Å²) >= 11 is 0. The van der Waals surface area contributed by atoms with E-state index in [-0.39, 0.29) is 5.82 Å². The van der Waals surface area contributed by atoms with E-state index in [1.165, 1.54) is 6.07 Å². The molecule has 0 aliphatic carbocycles. The summed E-state index contributed by atoms with van der Waals surface area (Å²) in [5, 5.41) is 0.784. The molecule has 0 saturated carbocycles. The quantitative estimate of drug-likeness (QED) is 0.711. The lowest BCUT2D eigenvalue weighted by Crippen LogP contribution is -1.98. The monoisotopic (exact) mass is 249 g/mol. The van der Waals surface area contributed by atoms with Crippen LogP contribution in [0.4, 0.5) is 4.39 Å². The van der Waals surface area contributed by atoms with E-state index in [1.54, 1.807) is 13.2 Å². The van der Waals surface area contributed by atoms with E-state index in [4.69, 9.17) is 4.74 Å². The number of hydrogen-bond donors (Lipinski definition) is 0. The second kappa shape index (κ2) is 6.01. The van der Waals surface area contributed by atoms with Crippen LogP contribution in [0.25, 0.3) is 10.9 Å². The van der Waals surface area contributed by atoms with Gasteiger partial charge in [0.1, 0.15) is 5.82 Å². The van der Waals surface area contributed by atoms with E-state index in [0.717, 1.165) is 48.9 Å². The fraction of sp³-hybridized carbons (Fsp3) is 0.467. The van der Waals surface area contributed by atoms with Crippen molar-refractivity contribution in [2.75, 3.05) is 13.7 Å². The van der Waals surface area contributed by atoms with Gasteiger partial charge in [-0.15, -0.1) is 0 Å². The molecule has 1 aromatic heterocycles. The van der Waals surface area contributed by atoms with E-state index >= 15 is 0 Å². The molecule has 0 spiro atoms. The number of nitrogens with zero attached hydrogens (tertiary/aromatic N) is 1. The third kappa shape index (κ3) is 2.56. The molecule has 2 nitrogen and oxygen atoms in total. The highest BCUT2D eigenvalue weighted by molar-refractivity contribution is 5.84. The molecule has 0 saturated heterocycles. The molecule has 18 heavy (non-hydrogen) atoms. The van der Waals surface area contributed by atoms with Crippen LogP contribution in [-0.4, -0.2) is 18.3 Å². The lowest BCUT2D eigenvalue weighted by Gasteiger charge is -2.05. The summed E-state index contributed by atoms with van der Waals surface area (Å²) in [4.78, 5) is 0. The van der Waals surface area contributed by atoms with Crippen LogP contribution < -0.4 is 0 Å². The predicted molar refractivity (Wildman–Crippen MR) is 72.4 cm³/mol. The van der Waals surface area contributed by atoms with Crippen LogP contribution in [0.1, 0.15) is 25.3 Å². The molecule has 1 heterocycles. The number of fused-ring (bicyclic) bond motifs is 1. The minimum absolute atomic E-state index is 0.111. The van der Waals surface area contributed by atoms with Crippen molar-refractivity contribution in [1.29, 1.82) is 0 Å².